The maximum atomic E-state index is 10.5. The van der Waals surface area contributed by atoms with E-state index < -0.39 is 0 Å². The van der Waals surface area contributed by atoms with Gasteiger partial charge in [-0.05, 0) is 19.8 Å². The van der Waals surface area contributed by atoms with E-state index in [9.17, 15) is 4.79 Å². The average molecular weight is 125 g/mol. The molecule has 1 saturated heterocycles. The number of hydrogen-bond donors (Lipinski definition) is 1. The molecule has 1 unspecified atom stereocenters. The van der Waals surface area contributed by atoms with Gasteiger partial charge in [-0.3, -0.25) is 0 Å². The fourth-order valence-electron chi connectivity index (χ4n) is 1.42. The summed E-state index contributed by atoms with van der Waals surface area (Å²) in [5, 5.41) is 3.23. The zero-order chi connectivity index (χ0) is 6.54. The average Bonchev–Trinajstić information content (AvgIpc) is 2.61. The molecule has 2 nitrogen and oxygen atoms in total. The first-order valence-electron chi connectivity index (χ1n) is 3.44. The maximum absolute atomic E-state index is 10.5. The molecule has 1 aliphatic carbocycles. The quantitative estimate of drug-likeness (QED) is 0.426. The van der Waals surface area contributed by atoms with Gasteiger partial charge >= 0.3 is 0 Å². The van der Waals surface area contributed by atoms with Crippen molar-refractivity contribution in [2.45, 2.75) is 25.3 Å². The second kappa shape index (κ2) is 1.21. The van der Waals surface area contributed by atoms with Gasteiger partial charge in [-0.25, -0.2) is 0 Å². The largest absolute Gasteiger partial charge is 0.308 e. The Morgan fingerprint density at radius 1 is 1.56 bits per heavy atom. The van der Waals surface area contributed by atoms with Crippen LogP contribution < -0.4 is 5.32 Å². The molecule has 2 fully saturated rings. The Labute approximate surface area is 54.6 Å². The summed E-state index contributed by atoms with van der Waals surface area (Å²) in [6.45, 7) is 3.17. The number of hydrogen-bond acceptors (Lipinski definition) is 2. The third kappa shape index (κ3) is 0.517. The molecule has 1 saturated carbocycles. The van der Waals surface area contributed by atoms with Crippen LogP contribution in [0.1, 0.15) is 19.8 Å². The van der Waals surface area contributed by atoms with E-state index >= 15 is 0 Å². The van der Waals surface area contributed by atoms with Crippen LogP contribution in [0.4, 0.5) is 0 Å². The van der Waals surface area contributed by atoms with Crippen molar-refractivity contribution in [1.82, 2.24) is 5.32 Å². The standard InChI is InChI=1S/C7H11NO/c1-6(4-8-6)7(5-9)2-3-7/h5,8H,2-4H2,1H3. The summed E-state index contributed by atoms with van der Waals surface area (Å²) in [5.74, 6) is 0. The van der Waals surface area contributed by atoms with Gasteiger partial charge < -0.3 is 10.1 Å². The minimum absolute atomic E-state index is 0.0486. The van der Waals surface area contributed by atoms with Crippen molar-refractivity contribution in [3.8, 4) is 0 Å². The summed E-state index contributed by atoms with van der Waals surface area (Å²) in [6.07, 6.45) is 3.33. The van der Waals surface area contributed by atoms with E-state index in [2.05, 4.69) is 12.2 Å². The topological polar surface area (TPSA) is 39.0 Å². The first kappa shape index (κ1) is 5.42. The minimum atomic E-state index is 0.0486. The third-order valence-corrected chi connectivity index (χ3v) is 2.82. The highest BCUT2D eigenvalue weighted by atomic mass is 16.1. The van der Waals surface area contributed by atoms with Crippen molar-refractivity contribution >= 4 is 6.29 Å². The summed E-state index contributed by atoms with van der Waals surface area (Å²) in [7, 11) is 0. The molecule has 50 valence electrons. The Hall–Kier alpha value is -0.370. The van der Waals surface area contributed by atoms with Crippen molar-refractivity contribution < 1.29 is 4.79 Å². The van der Waals surface area contributed by atoms with Crippen molar-refractivity contribution in [2.75, 3.05) is 6.54 Å². The predicted octanol–water partition coefficient (Wildman–Crippen LogP) is 0.327. The van der Waals surface area contributed by atoms with Crippen LogP contribution in [-0.2, 0) is 4.79 Å². The van der Waals surface area contributed by atoms with E-state index in [0.717, 1.165) is 25.7 Å². The van der Waals surface area contributed by atoms with Gasteiger partial charge in [-0.15, -0.1) is 0 Å². The van der Waals surface area contributed by atoms with E-state index in [1.165, 1.54) is 0 Å². The van der Waals surface area contributed by atoms with Gasteiger partial charge in [0.2, 0.25) is 0 Å². The van der Waals surface area contributed by atoms with Gasteiger partial charge in [0, 0.05) is 17.5 Å². The Morgan fingerprint density at radius 3 is 2.22 bits per heavy atom. The summed E-state index contributed by atoms with van der Waals surface area (Å²) >= 11 is 0. The molecule has 9 heavy (non-hydrogen) atoms. The zero-order valence-corrected chi connectivity index (χ0v) is 5.61. The van der Waals surface area contributed by atoms with Crippen molar-refractivity contribution in [1.29, 1.82) is 0 Å². The lowest BCUT2D eigenvalue weighted by atomic mass is 9.92. The Kier molecular flexibility index (Phi) is 0.730. The molecule has 0 bridgehead atoms. The Bertz CT molecular complexity index is 156. The highest BCUT2D eigenvalue weighted by Crippen LogP contribution is 2.55. The molecule has 0 radical (unpaired) electrons. The molecule has 1 N–H and O–H groups in total. The summed E-state index contributed by atoms with van der Waals surface area (Å²) in [5.41, 5.74) is 0.238. The van der Waals surface area contributed by atoms with Gasteiger partial charge in [0.05, 0.1) is 0 Å². The number of aldehydes is 1. The van der Waals surface area contributed by atoms with E-state index in [0.29, 0.717) is 0 Å². The van der Waals surface area contributed by atoms with Crippen molar-refractivity contribution in [3.05, 3.63) is 0 Å². The molecule has 2 heteroatoms. The van der Waals surface area contributed by atoms with Gasteiger partial charge in [0.25, 0.3) is 0 Å². The van der Waals surface area contributed by atoms with Crippen LogP contribution in [0.25, 0.3) is 0 Å². The lowest BCUT2D eigenvalue weighted by molar-refractivity contribution is -0.113. The number of carbonyl (C=O) groups is 1. The lowest BCUT2D eigenvalue weighted by Crippen LogP contribution is -2.26. The molecule has 1 heterocycles. The van der Waals surface area contributed by atoms with Crippen LogP contribution >= 0.6 is 0 Å². The van der Waals surface area contributed by atoms with Gasteiger partial charge in [0.1, 0.15) is 6.29 Å². The van der Waals surface area contributed by atoms with Crippen LogP contribution in [-0.4, -0.2) is 18.4 Å². The van der Waals surface area contributed by atoms with Gasteiger partial charge in [-0.1, -0.05) is 0 Å². The second-order valence-electron chi connectivity index (χ2n) is 3.46. The van der Waals surface area contributed by atoms with E-state index in [1.807, 2.05) is 0 Å². The van der Waals surface area contributed by atoms with E-state index in [4.69, 9.17) is 0 Å². The number of rotatable bonds is 2. The lowest BCUT2D eigenvalue weighted by Gasteiger charge is -2.12. The highest BCUT2D eigenvalue weighted by molar-refractivity contribution is 5.67. The van der Waals surface area contributed by atoms with E-state index in [1.54, 1.807) is 0 Å². The normalized spacial score (nSPS) is 44.1. The molecule has 0 aromatic heterocycles. The molecule has 2 rings (SSSR count). The SMILES string of the molecule is CC1(C2(C=O)CC2)CN1. The van der Waals surface area contributed by atoms with E-state index in [-0.39, 0.29) is 11.0 Å². The first-order chi connectivity index (χ1) is 4.22. The smallest absolute Gasteiger partial charge is 0.128 e. The molecule has 0 spiro atoms. The van der Waals surface area contributed by atoms with Gasteiger partial charge in [0.15, 0.2) is 0 Å². The zero-order valence-electron chi connectivity index (χ0n) is 5.61. The molecular formula is C7H11NO. The van der Waals surface area contributed by atoms with Crippen LogP contribution in [0.15, 0.2) is 0 Å². The molecule has 0 aromatic rings. The molecule has 1 atom stereocenters. The number of nitrogens with one attached hydrogen (secondary N) is 1. The van der Waals surface area contributed by atoms with Gasteiger partial charge in [-0.2, -0.15) is 0 Å². The van der Waals surface area contributed by atoms with Crippen molar-refractivity contribution in [3.63, 3.8) is 0 Å². The fraction of sp³-hybridized carbons (Fsp3) is 0.857. The minimum Gasteiger partial charge on any atom is -0.308 e. The maximum Gasteiger partial charge on any atom is 0.128 e. The fourth-order valence-corrected chi connectivity index (χ4v) is 1.42. The molecule has 2 aliphatic rings. The van der Waals surface area contributed by atoms with Crippen LogP contribution in [0, 0.1) is 5.41 Å². The highest BCUT2D eigenvalue weighted by Gasteiger charge is 2.62. The Morgan fingerprint density at radius 2 is 2.11 bits per heavy atom. The second-order valence-corrected chi connectivity index (χ2v) is 3.46. The van der Waals surface area contributed by atoms with Crippen LogP contribution in [0.5, 0.6) is 0 Å². The van der Waals surface area contributed by atoms with Crippen LogP contribution in [0.3, 0.4) is 0 Å². The first-order valence-corrected chi connectivity index (χ1v) is 3.44. The monoisotopic (exact) mass is 125 g/mol. The summed E-state index contributed by atoms with van der Waals surface area (Å²) in [6, 6.07) is 0. The van der Waals surface area contributed by atoms with Crippen molar-refractivity contribution in [2.24, 2.45) is 5.41 Å². The van der Waals surface area contributed by atoms with Crippen LogP contribution in [0.2, 0.25) is 0 Å². The third-order valence-electron chi connectivity index (χ3n) is 2.82. The predicted molar refractivity (Wildman–Crippen MR) is 34.1 cm³/mol. The Balaban J connectivity index is 2.20. The summed E-state index contributed by atoms with van der Waals surface area (Å²) < 4.78 is 0. The molecule has 0 aromatic carbocycles. The molecule has 1 aliphatic heterocycles. The molecule has 0 amide bonds. The number of carbonyl (C=O) groups excluding carboxylic acids is 1. The summed E-state index contributed by atoms with van der Waals surface area (Å²) in [4.78, 5) is 10.5. The molecular weight excluding hydrogens is 114 g/mol.